The normalized spacial score (nSPS) is 21.3. The molecule has 1 aliphatic carbocycles. The number of allylic oxidation sites excluding steroid dienone is 2. The van der Waals surface area contributed by atoms with Gasteiger partial charge in [-0.1, -0.05) is 25.1 Å². The average Bonchev–Trinajstić information content (AvgIpc) is 3.47. The van der Waals surface area contributed by atoms with Gasteiger partial charge in [0.2, 0.25) is 11.8 Å². The predicted octanol–water partition coefficient (Wildman–Crippen LogP) is 4.83. The Kier molecular flexibility index (Phi) is 8.26. The number of amides is 1. The highest BCUT2D eigenvalue weighted by Gasteiger charge is 2.29. The summed E-state index contributed by atoms with van der Waals surface area (Å²) in [5.74, 6) is 2.55. The topological polar surface area (TPSA) is 108 Å². The van der Waals surface area contributed by atoms with Gasteiger partial charge in [-0.2, -0.15) is 10.2 Å². The van der Waals surface area contributed by atoms with E-state index in [2.05, 4.69) is 52.1 Å². The highest BCUT2D eigenvalue weighted by atomic mass is 16.5. The van der Waals surface area contributed by atoms with E-state index >= 15 is 0 Å². The van der Waals surface area contributed by atoms with Gasteiger partial charge in [-0.25, -0.2) is 4.98 Å². The molecule has 0 radical (unpaired) electrons. The van der Waals surface area contributed by atoms with Gasteiger partial charge in [0.25, 0.3) is 0 Å². The van der Waals surface area contributed by atoms with Gasteiger partial charge in [0, 0.05) is 56.2 Å². The van der Waals surface area contributed by atoms with Crippen LogP contribution in [0.5, 0.6) is 5.88 Å². The van der Waals surface area contributed by atoms with Gasteiger partial charge in [-0.05, 0) is 68.1 Å². The number of piperidine rings is 2. The van der Waals surface area contributed by atoms with Crippen molar-refractivity contribution in [2.75, 3.05) is 37.7 Å². The van der Waals surface area contributed by atoms with Crippen molar-refractivity contribution in [2.24, 2.45) is 17.8 Å². The first-order valence-corrected chi connectivity index (χ1v) is 14.1. The third-order valence-corrected chi connectivity index (χ3v) is 8.16. The Hall–Kier alpha value is -3.41. The molecule has 0 saturated carbocycles. The van der Waals surface area contributed by atoms with Gasteiger partial charge < -0.3 is 19.1 Å². The number of ether oxygens (including phenoxy) is 1. The van der Waals surface area contributed by atoms with E-state index in [0.29, 0.717) is 37.5 Å². The van der Waals surface area contributed by atoms with Crippen LogP contribution >= 0.6 is 0 Å². The SMILES string of the molecule is CC(C)c1noc(N2CCC(COc3ccc(C4=CCC(C(=O)N5CCC(C#N)CC5)CC4)cn3)CC2)n1. The molecule has 9 nitrogen and oxygen atoms in total. The van der Waals surface area contributed by atoms with E-state index in [1.54, 1.807) is 0 Å². The number of pyridine rings is 1. The minimum Gasteiger partial charge on any atom is -0.477 e. The molecule has 5 rings (SSSR count). The molecule has 0 N–H and O–H groups in total. The summed E-state index contributed by atoms with van der Waals surface area (Å²) in [5.41, 5.74) is 2.36. The van der Waals surface area contributed by atoms with Crippen molar-refractivity contribution in [1.29, 1.82) is 5.26 Å². The maximum Gasteiger partial charge on any atom is 0.324 e. The third-order valence-electron chi connectivity index (χ3n) is 8.16. The predicted molar refractivity (Wildman–Crippen MR) is 143 cm³/mol. The number of nitrogens with zero attached hydrogens (tertiary/aromatic N) is 6. The van der Waals surface area contributed by atoms with Crippen LogP contribution in [0.1, 0.15) is 76.1 Å². The molecule has 2 aromatic rings. The van der Waals surface area contributed by atoms with Crippen LogP contribution in [-0.4, -0.2) is 58.7 Å². The summed E-state index contributed by atoms with van der Waals surface area (Å²) in [4.78, 5) is 26.1. The summed E-state index contributed by atoms with van der Waals surface area (Å²) in [6.07, 6.45) is 10.2. The number of carbonyl (C=O) groups excluding carboxylic acids is 1. The molecular weight excluding hydrogens is 480 g/mol. The summed E-state index contributed by atoms with van der Waals surface area (Å²) in [5, 5.41) is 13.2. The first kappa shape index (κ1) is 26.2. The Labute approximate surface area is 224 Å². The molecule has 4 heterocycles. The van der Waals surface area contributed by atoms with E-state index < -0.39 is 0 Å². The Morgan fingerprint density at radius 2 is 1.95 bits per heavy atom. The Morgan fingerprint density at radius 1 is 1.16 bits per heavy atom. The smallest absolute Gasteiger partial charge is 0.324 e. The fraction of sp³-hybridized carbons (Fsp3) is 0.621. The zero-order chi connectivity index (χ0) is 26.5. The number of hydrogen-bond donors (Lipinski definition) is 0. The van der Waals surface area contributed by atoms with E-state index in [4.69, 9.17) is 14.5 Å². The molecule has 1 amide bonds. The minimum atomic E-state index is 0.0523. The lowest BCUT2D eigenvalue weighted by Gasteiger charge is -2.33. The van der Waals surface area contributed by atoms with Gasteiger partial charge in [-0.3, -0.25) is 4.79 Å². The molecule has 0 spiro atoms. The molecule has 1 atom stereocenters. The highest BCUT2D eigenvalue weighted by molar-refractivity contribution is 5.80. The summed E-state index contributed by atoms with van der Waals surface area (Å²) in [6, 6.07) is 6.99. The van der Waals surface area contributed by atoms with E-state index in [-0.39, 0.29) is 23.7 Å². The van der Waals surface area contributed by atoms with E-state index in [1.165, 1.54) is 5.57 Å². The van der Waals surface area contributed by atoms with Crippen LogP contribution in [0.4, 0.5) is 6.01 Å². The van der Waals surface area contributed by atoms with Crippen molar-refractivity contribution < 1.29 is 14.1 Å². The molecule has 202 valence electrons. The molecule has 9 heteroatoms. The Bertz CT molecular complexity index is 1150. The standard InChI is InChI=1S/C29H38N6O3/c1-20(2)27-32-29(38-33-27)35-15-11-22(12-16-35)19-37-26-8-7-25(18-31-26)23-3-5-24(6-4-23)28(36)34-13-9-21(17-30)10-14-34/h3,7-8,18,20-22,24H,4-6,9-16,19H2,1-2H3. The minimum absolute atomic E-state index is 0.0523. The summed E-state index contributed by atoms with van der Waals surface area (Å²) in [6.45, 7) is 7.98. The second-order valence-corrected chi connectivity index (χ2v) is 11.1. The van der Waals surface area contributed by atoms with Gasteiger partial charge >= 0.3 is 6.01 Å². The van der Waals surface area contributed by atoms with Gasteiger partial charge in [0.05, 0.1) is 12.7 Å². The van der Waals surface area contributed by atoms with E-state index in [9.17, 15) is 4.79 Å². The maximum absolute atomic E-state index is 12.9. The molecule has 2 saturated heterocycles. The first-order chi connectivity index (χ1) is 18.5. The van der Waals surface area contributed by atoms with Crippen molar-refractivity contribution >= 4 is 17.5 Å². The molecule has 0 bridgehead atoms. The lowest BCUT2D eigenvalue weighted by atomic mass is 9.85. The van der Waals surface area contributed by atoms with Crippen molar-refractivity contribution in [3.05, 3.63) is 35.8 Å². The molecule has 2 aromatic heterocycles. The molecule has 3 aliphatic rings. The molecular formula is C29H38N6O3. The van der Waals surface area contributed by atoms with Gasteiger partial charge in [0.15, 0.2) is 5.82 Å². The third kappa shape index (κ3) is 6.17. The van der Waals surface area contributed by atoms with E-state index in [1.807, 2.05) is 17.2 Å². The zero-order valence-electron chi connectivity index (χ0n) is 22.5. The fourth-order valence-corrected chi connectivity index (χ4v) is 5.55. The summed E-state index contributed by atoms with van der Waals surface area (Å²) in [7, 11) is 0. The zero-order valence-corrected chi connectivity index (χ0v) is 22.5. The number of carbonyl (C=O) groups is 1. The Balaban J connectivity index is 1.05. The van der Waals surface area contributed by atoms with Crippen molar-refractivity contribution in [1.82, 2.24) is 20.0 Å². The molecule has 38 heavy (non-hydrogen) atoms. The first-order valence-electron chi connectivity index (χ1n) is 14.1. The maximum atomic E-state index is 12.9. The van der Waals surface area contributed by atoms with Crippen molar-refractivity contribution in [3.63, 3.8) is 0 Å². The van der Waals surface area contributed by atoms with Crippen molar-refractivity contribution in [3.8, 4) is 11.9 Å². The lowest BCUT2D eigenvalue weighted by molar-refractivity contribution is -0.136. The number of anilines is 1. The molecule has 2 aliphatic heterocycles. The fourth-order valence-electron chi connectivity index (χ4n) is 5.55. The number of hydrogen-bond acceptors (Lipinski definition) is 8. The number of likely N-dealkylation sites (tertiary alicyclic amines) is 1. The Morgan fingerprint density at radius 3 is 2.55 bits per heavy atom. The summed E-state index contributed by atoms with van der Waals surface area (Å²) >= 11 is 0. The van der Waals surface area contributed by atoms with Crippen LogP contribution in [0.2, 0.25) is 0 Å². The monoisotopic (exact) mass is 518 g/mol. The van der Waals surface area contributed by atoms with Crippen molar-refractivity contribution in [2.45, 2.75) is 64.7 Å². The molecule has 2 fully saturated rings. The second-order valence-electron chi connectivity index (χ2n) is 11.1. The van der Waals surface area contributed by atoms with Crippen LogP contribution < -0.4 is 9.64 Å². The van der Waals surface area contributed by atoms with Crippen LogP contribution in [0.3, 0.4) is 0 Å². The van der Waals surface area contributed by atoms with E-state index in [0.717, 1.165) is 69.4 Å². The van der Waals surface area contributed by atoms with Crippen LogP contribution in [0.15, 0.2) is 28.9 Å². The lowest BCUT2D eigenvalue weighted by Crippen LogP contribution is -2.41. The number of rotatable bonds is 7. The van der Waals surface area contributed by atoms with Gasteiger partial charge in [-0.15, -0.1) is 0 Å². The average molecular weight is 519 g/mol. The highest BCUT2D eigenvalue weighted by Crippen LogP contribution is 2.32. The quantitative estimate of drug-likeness (QED) is 0.513. The van der Waals surface area contributed by atoms with Crippen LogP contribution in [-0.2, 0) is 4.79 Å². The van der Waals surface area contributed by atoms with Crippen LogP contribution in [0, 0.1) is 29.1 Å². The summed E-state index contributed by atoms with van der Waals surface area (Å²) < 4.78 is 11.5. The molecule has 1 unspecified atom stereocenters. The largest absolute Gasteiger partial charge is 0.477 e. The second kappa shape index (κ2) is 12.0. The van der Waals surface area contributed by atoms with Gasteiger partial charge in [0.1, 0.15) is 0 Å². The number of nitriles is 1. The molecule has 0 aromatic carbocycles. The van der Waals surface area contributed by atoms with Crippen LogP contribution in [0.25, 0.3) is 5.57 Å². The number of aromatic nitrogens is 3.